The lowest BCUT2D eigenvalue weighted by Gasteiger charge is -2.20. The van der Waals surface area contributed by atoms with Gasteiger partial charge in [0.1, 0.15) is 6.04 Å². The van der Waals surface area contributed by atoms with Gasteiger partial charge in [-0.05, 0) is 24.8 Å². The maximum Gasteiger partial charge on any atom is 0.408 e. The van der Waals surface area contributed by atoms with Gasteiger partial charge in [-0.15, -0.1) is 0 Å². The third-order valence-corrected chi connectivity index (χ3v) is 3.92. The van der Waals surface area contributed by atoms with Crippen LogP contribution in [0, 0.1) is 5.41 Å². The molecule has 3 atom stereocenters. The molecule has 110 valence electrons. The summed E-state index contributed by atoms with van der Waals surface area (Å²) in [6, 6.07) is -1.23. The minimum Gasteiger partial charge on any atom is -0.480 e. The zero-order chi connectivity index (χ0) is 14.8. The maximum absolute atomic E-state index is 11.1. The van der Waals surface area contributed by atoms with Crippen LogP contribution in [-0.2, 0) is 9.53 Å². The Morgan fingerprint density at radius 3 is 2.75 bits per heavy atom. The van der Waals surface area contributed by atoms with E-state index in [9.17, 15) is 9.59 Å². The first-order valence-electron chi connectivity index (χ1n) is 6.34. The number of fused-ring (bicyclic) bond motifs is 1. The van der Waals surface area contributed by atoms with Crippen LogP contribution in [0.3, 0.4) is 0 Å². The number of carbonyl (C=O) groups is 2. The van der Waals surface area contributed by atoms with Crippen LogP contribution >= 0.6 is 0 Å². The summed E-state index contributed by atoms with van der Waals surface area (Å²) in [6.07, 6.45) is 0.357. The molecule has 2 fully saturated rings. The van der Waals surface area contributed by atoms with E-state index in [4.69, 9.17) is 20.5 Å². The van der Waals surface area contributed by atoms with Crippen molar-refractivity contribution in [2.24, 2.45) is 10.5 Å². The van der Waals surface area contributed by atoms with Crippen LogP contribution in [0.15, 0.2) is 5.11 Å². The summed E-state index contributed by atoms with van der Waals surface area (Å²) in [6.45, 7) is 1.12. The van der Waals surface area contributed by atoms with Gasteiger partial charge in [-0.2, -0.15) is 0 Å². The van der Waals surface area contributed by atoms with Gasteiger partial charge in [-0.3, -0.25) is 4.90 Å². The van der Waals surface area contributed by atoms with E-state index in [0.29, 0.717) is 39.0 Å². The molecule has 9 nitrogen and oxygen atoms in total. The molecule has 0 spiro atoms. The van der Waals surface area contributed by atoms with E-state index >= 15 is 0 Å². The number of piperidine rings is 1. The maximum atomic E-state index is 11.1. The fourth-order valence-corrected chi connectivity index (χ4v) is 2.88. The van der Waals surface area contributed by atoms with E-state index in [2.05, 4.69) is 10.0 Å². The predicted octanol–water partition coefficient (Wildman–Crippen LogP) is 1.30. The molecule has 1 heterocycles. The van der Waals surface area contributed by atoms with Gasteiger partial charge in [0.05, 0.1) is 6.61 Å². The van der Waals surface area contributed by atoms with E-state index in [1.807, 2.05) is 0 Å². The minimum atomic E-state index is -1.19. The monoisotopic (exact) mass is 284 g/mol. The number of hydrogen-bond donors (Lipinski definition) is 2. The van der Waals surface area contributed by atoms with Crippen LogP contribution in [0.25, 0.3) is 10.4 Å². The first kappa shape index (κ1) is 14.4. The Bertz CT molecular complexity index is 464. The number of carboxylic acids is 1. The third-order valence-electron chi connectivity index (χ3n) is 3.92. The van der Waals surface area contributed by atoms with E-state index in [-0.39, 0.29) is 11.5 Å². The second-order valence-corrected chi connectivity index (χ2v) is 5.19. The molecular weight excluding hydrogens is 268 g/mol. The number of carboxylic acid groups (broad SMARTS) is 2. The van der Waals surface area contributed by atoms with Crippen LogP contribution in [0.2, 0.25) is 0 Å². The van der Waals surface area contributed by atoms with Crippen LogP contribution in [0.4, 0.5) is 4.79 Å². The normalized spacial score (nSPS) is 30.5. The third kappa shape index (κ3) is 2.63. The van der Waals surface area contributed by atoms with Crippen LogP contribution in [0.1, 0.15) is 19.3 Å². The number of aliphatic carboxylic acids is 1. The topological polar surface area (TPSA) is 136 Å². The number of hydrogen-bond acceptors (Lipinski definition) is 4. The molecule has 1 amide bonds. The van der Waals surface area contributed by atoms with Gasteiger partial charge in [-0.25, -0.2) is 9.59 Å². The molecule has 0 aromatic heterocycles. The van der Waals surface area contributed by atoms with E-state index in [1.165, 1.54) is 0 Å². The number of rotatable bonds is 7. The number of ether oxygens (including phenoxy) is 1. The second-order valence-electron chi connectivity index (χ2n) is 5.19. The average molecular weight is 284 g/mol. The van der Waals surface area contributed by atoms with Crippen LogP contribution < -0.4 is 0 Å². The van der Waals surface area contributed by atoms with Gasteiger partial charge in [-0.1, -0.05) is 5.11 Å². The van der Waals surface area contributed by atoms with Crippen molar-refractivity contribution < 1.29 is 24.5 Å². The van der Waals surface area contributed by atoms with Gasteiger partial charge in [0.25, 0.3) is 0 Å². The number of nitrogens with zero attached hydrogens (tertiary/aromatic N) is 4. The smallest absolute Gasteiger partial charge is 0.408 e. The summed E-state index contributed by atoms with van der Waals surface area (Å²) in [5.74, 6) is -1.11. The molecule has 2 aliphatic rings. The van der Waals surface area contributed by atoms with Crippen LogP contribution in [0.5, 0.6) is 0 Å². The lowest BCUT2D eigenvalue weighted by Crippen LogP contribution is -2.42. The summed E-state index contributed by atoms with van der Waals surface area (Å²) in [5, 5.41) is 21.5. The standard InChI is InChI=1S/C11H16N4O5/c12-14-13-2-1-3-20-6-11-4-7(9(16)17)15(10(18)19)8(11)5-11/h7-8H,1-6H2,(H,16,17)(H,18,19)/t7-,8-,11+/m0/s1. The number of azide groups is 1. The highest BCUT2D eigenvalue weighted by molar-refractivity contribution is 5.81. The van der Waals surface area contributed by atoms with E-state index < -0.39 is 18.1 Å². The highest BCUT2D eigenvalue weighted by Crippen LogP contribution is 2.59. The molecule has 2 N–H and O–H groups in total. The fraction of sp³-hybridized carbons (Fsp3) is 0.818. The van der Waals surface area contributed by atoms with Crippen molar-refractivity contribution >= 4 is 12.1 Å². The minimum absolute atomic E-state index is 0.252. The Kier molecular flexibility index (Phi) is 4.01. The fourth-order valence-electron chi connectivity index (χ4n) is 2.88. The molecule has 0 unspecified atom stereocenters. The highest BCUT2D eigenvalue weighted by atomic mass is 16.5. The molecule has 1 aliphatic heterocycles. The van der Waals surface area contributed by atoms with Gasteiger partial charge in [0, 0.05) is 29.5 Å². The van der Waals surface area contributed by atoms with Gasteiger partial charge < -0.3 is 14.9 Å². The molecule has 0 radical (unpaired) electrons. The summed E-state index contributed by atoms with van der Waals surface area (Å²) < 4.78 is 5.47. The van der Waals surface area contributed by atoms with Crippen molar-refractivity contribution in [2.75, 3.05) is 19.8 Å². The van der Waals surface area contributed by atoms with Crippen molar-refractivity contribution in [3.05, 3.63) is 10.4 Å². The van der Waals surface area contributed by atoms with Gasteiger partial charge in [0.15, 0.2) is 0 Å². The first-order chi connectivity index (χ1) is 9.52. The van der Waals surface area contributed by atoms with Gasteiger partial charge in [0.2, 0.25) is 0 Å². The SMILES string of the molecule is [N-]=[N+]=NCCCOC[C@@]12C[C@@H]1N(C(=O)O)[C@H](C(=O)O)C2. The van der Waals surface area contributed by atoms with E-state index in [1.54, 1.807) is 0 Å². The molecule has 1 saturated heterocycles. The summed E-state index contributed by atoms with van der Waals surface area (Å²) in [4.78, 5) is 25.9. The van der Waals surface area contributed by atoms with Gasteiger partial charge >= 0.3 is 12.1 Å². The van der Waals surface area contributed by atoms with Crippen molar-refractivity contribution in [1.82, 2.24) is 4.90 Å². The highest BCUT2D eigenvalue weighted by Gasteiger charge is 2.67. The predicted molar refractivity (Wildman–Crippen MR) is 66.2 cm³/mol. The average Bonchev–Trinajstić information content (AvgIpc) is 2.98. The van der Waals surface area contributed by atoms with Crippen molar-refractivity contribution in [2.45, 2.75) is 31.3 Å². The molecule has 1 aliphatic carbocycles. The molecule has 0 bridgehead atoms. The Balaban J connectivity index is 1.83. The quantitative estimate of drug-likeness (QED) is 0.314. The van der Waals surface area contributed by atoms with E-state index in [0.717, 1.165) is 4.90 Å². The molecular formula is C11H16N4O5. The molecule has 2 rings (SSSR count). The first-order valence-corrected chi connectivity index (χ1v) is 6.34. The molecule has 20 heavy (non-hydrogen) atoms. The Morgan fingerprint density at radius 1 is 1.45 bits per heavy atom. The summed E-state index contributed by atoms with van der Waals surface area (Å²) in [7, 11) is 0. The van der Waals surface area contributed by atoms with Crippen molar-refractivity contribution in [1.29, 1.82) is 0 Å². The zero-order valence-corrected chi connectivity index (χ0v) is 10.8. The van der Waals surface area contributed by atoms with Crippen molar-refractivity contribution in [3.8, 4) is 0 Å². The Hall–Kier alpha value is -1.99. The number of amides is 1. The summed E-state index contributed by atoms with van der Waals surface area (Å²) >= 11 is 0. The lowest BCUT2D eigenvalue weighted by atomic mass is 10.0. The Labute approximate surface area is 114 Å². The summed E-state index contributed by atoms with van der Waals surface area (Å²) in [5.41, 5.74) is 7.76. The number of likely N-dealkylation sites (tertiary alicyclic amines) is 1. The second kappa shape index (κ2) is 5.56. The molecule has 1 saturated carbocycles. The molecule has 9 heteroatoms. The van der Waals surface area contributed by atoms with Crippen LogP contribution in [-0.4, -0.2) is 59.0 Å². The molecule has 0 aromatic rings. The molecule has 0 aromatic carbocycles. The lowest BCUT2D eigenvalue weighted by molar-refractivity contribution is -0.142. The largest absolute Gasteiger partial charge is 0.480 e. The van der Waals surface area contributed by atoms with Crippen molar-refractivity contribution in [3.63, 3.8) is 0 Å². The Morgan fingerprint density at radius 2 is 2.20 bits per heavy atom. The zero-order valence-electron chi connectivity index (χ0n) is 10.8.